The Balaban J connectivity index is 0. The summed E-state index contributed by atoms with van der Waals surface area (Å²) in [4.78, 5) is 0. The number of rotatable bonds is 8. The first kappa shape index (κ1) is 20.2. The molecule has 0 rings (SSSR count). The lowest BCUT2D eigenvalue weighted by molar-refractivity contribution is 0.194. The van der Waals surface area contributed by atoms with Crippen molar-refractivity contribution in [1.29, 1.82) is 0 Å². The fourth-order valence-electron chi connectivity index (χ4n) is 1.31. The zero-order chi connectivity index (χ0) is 14.7. The van der Waals surface area contributed by atoms with E-state index in [0.29, 0.717) is 0 Å². The zero-order valence-corrected chi connectivity index (χ0v) is 14.0. The molecule has 0 heterocycles. The second kappa shape index (κ2) is 10.8. The van der Waals surface area contributed by atoms with Crippen LogP contribution in [0.3, 0.4) is 0 Å². The summed E-state index contributed by atoms with van der Waals surface area (Å²) < 4.78 is 0. The highest BCUT2D eigenvalue weighted by atomic mass is 14.8. The number of hydrogen-bond acceptors (Lipinski definition) is 2. The van der Waals surface area contributed by atoms with Gasteiger partial charge in [-0.2, -0.15) is 0 Å². The molecular weight excluding hydrogens is 220 g/mol. The summed E-state index contributed by atoms with van der Waals surface area (Å²) in [6.07, 6.45) is 6.61. The molecular formula is C16H38N2. The van der Waals surface area contributed by atoms with Crippen LogP contribution in [0.15, 0.2) is 0 Å². The maximum absolute atomic E-state index is 5.92. The molecule has 0 unspecified atom stereocenters. The van der Waals surface area contributed by atoms with Crippen LogP contribution in [0.1, 0.15) is 80.6 Å². The van der Waals surface area contributed by atoms with Crippen molar-refractivity contribution in [1.82, 2.24) is 5.32 Å². The Labute approximate surface area is 116 Å². The lowest BCUT2D eigenvalue weighted by Gasteiger charge is -2.37. The number of nitrogens with two attached hydrogens (primary N) is 1. The molecule has 112 valence electrons. The van der Waals surface area contributed by atoms with Crippen molar-refractivity contribution in [2.75, 3.05) is 13.1 Å². The van der Waals surface area contributed by atoms with Gasteiger partial charge in [-0.05, 0) is 45.2 Å². The van der Waals surface area contributed by atoms with Crippen LogP contribution in [0.25, 0.3) is 0 Å². The minimum atomic E-state index is -0.0538. The maximum atomic E-state index is 5.92. The fourth-order valence-corrected chi connectivity index (χ4v) is 1.31. The van der Waals surface area contributed by atoms with Crippen LogP contribution in [0.5, 0.6) is 0 Å². The van der Waals surface area contributed by atoms with Crippen molar-refractivity contribution in [3.05, 3.63) is 0 Å². The van der Waals surface area contributed by atoms with Gasteiger partial charge >= 0.3 is 0 Å². The Kier molecular flexibility index (Phi) is 12.2. The van der Waals surface area contributed by atoms with Crippen molar-refractivity contribution in [2.24, 2.45) is 11.1 Å². The lowest BCUT2D eigenvalue weighted by Crippen LogP contribution is -2.46. The predicted molar refractivity (Wildman–Crippen MR) is 85.0 cm³/mol. The lowest BCUT2D eigenvalue weighted by atomic mass is 9.73. The van der Waals surface area contributed by atoms with Gasteiger partial charge in [0.2, 0.25) is 0 Å². The highest BCUT2D eigenvalue weighted by molar-refractivity contribution is 4.88. The molecule has 0 aliphatic rings. The smallest absolute Gasteiger partial charge is 0.0148 e. The molecule has 0 aromatic heterocycles. The van der Waals surface area contributed by atoms with E-state index in [-0.39, 0.29) is 11.0 Å². The minimum Gasteiger partial charge on any atom is -0.325 e. The SMILES string of the molecule is CCC(C)(C)C(C)(C)N.CCCCCCNCC. The molecule has 0 aromatic rings. The first-order valence-corrected chi connectivity index (χ1v) is 7.72. The summed E-state index contributed by atoms with van der Waals surface area (Å²) in [5.74, 6) is 0. The van der Waals surface area contributed by atoms with Crippen molar-refractivity contribution < 1.29 is 0 Å². The standard InChI is InChI=1S/2C8H19N/c1-6-7(2,3)8(4,5)9;1-3-5-6-7-8-9-4-2/h6,9H2,1-5H3;9H,3-8H2,1-2H3. The molecule has 2 nitrogen and oxygen atoms in total. The van der Waals surface area contributed by atoms with Gasteiger partial charge in [0.15, 0.2) is 0 Å². The van der Waals surface area contributed by atoms with Gasteiger partial charge in [-0.15, -0.1) is 0 Å². The third kappa shape index (κ3) is 11.0. The second-order valence-electron chi connectivity index (χ2n) is 6.37. The Morgan fingerprint density at radius 1 is 0.889 bits per heavy atom. The van der Waals surface area contributed by atoms with Crippen LogP contribution in [0.2, 0.25) is 0 Å². The van der Waals surface area contributed by atoms with Crippen LogP contribution in [-0.4, -0.2) is 18.6 Å². The highest BCUT2D eigenvalue weighted by Crippen LogP contribution is 2.31. The quantitative estimate of drug-likeness (QED) is 0.636. The number of hydrogen-bond donors (Lipinski definition) is 2. The summed E-state index contributed by atoms with van der Waals surface area (Å²) >= 11 is 0. The van der Waals surface area contributed by atoms with E-state index >= 15 is 0 Å². The maximum Gasteiger partial charge on any atom is 0.0148 e. The van der Waals surface area contributed by atoms with Gasteiger partial charge in [-0.25, -0.2) is 0 Å². The summed E-state index contributed by atoms with van der Waals surface area (Å²) in [7, 11) is 0. The van der Waals surface area contributed by atoms with Crippen molar-refractivity contribution in [3.63, 3.8) is 0 Å². The molecule has 0 atom stereocenters. The van der Waals surface area contributed by atoms with Gasteiger partial charge < -0.3 is 11.1 Å². The van der Waals surface area contributed by atoms with Crippen LogP contribution < -0.4 is 11.1 Å². The largest absolute Gasteiger partial charge is 0.325 e. The molecule has 0 fully saturated rings. The van der Waals surface area contributed by atoms with Gasteiger partial charge in [0, 0.05) is 5.54 Å². The van der Waals surface area contributed by atoms with Gasteiger partial charge in [0.1, 0.15) is 0 Å². The fraction of sp³-hybridized carbons (Fsp3) is 1.00. The van der Waals surface area contributed by atoms with Crippen molar-refractivity contribution in [2.45, 2.75) is 86.1 Å². The average Bonchev–Trinajstić information content (AvgIpc) is 2.28. The average molecular weight is 258 g/mol. The van der Waals surface area contributed by atoms with E-state index in [2.05, 4.69) is 53.8 Å². The molecule has 0 spiro atoms. The summed E-state index contributed by atoms with van der Waals surface area (Å²) in [6, 6.07) is 0. The van der Waals surface area contributed by atoms with Crippen molar-refractivity contribution >= 4 is 0 Å². The van der Waals surface area contributed by atoms with Crippen LogP contribution in [-0.2, 0) is 0 Å². The van der Waals surface area contributed by atoms with Crippen LogP contribution in [0.4, 0.5) is 0 Å². The van der Waals surface area contributed by atoms with E-state index < -0.39 is 0 Å². The van der Waals surface area contributed by atoms with Gasteiger partial charge in [0.05, 0.1) is 0 Å². The molecule has 3 N–H and O–H groups in total. The first-order valence-electron chi connectivity index (χ1n) is 7.72. The predicted octanol–water partition coefficient (Wildman–Crippen LogP) is 4.34. The number of nitrogens with one attached hydrogen (secondary N) is 1. The molecule has 0 saturated carbocycles. The minimum absolute atomic E-state index is 0.0538. The zero-order valence-electron chi connectivity index (χ0n) is 14.0. The molecule has 0 aliphatic carbocycles. The Morgan fingerprint density at radius 3 is 1.72 bits per heavy atom. The highest BCUT2D eigenvalue weighted by Gasteiger charge is 2.30. The van der Waals surface area contributed by atoms with Gasteiger partial charge in [0.25, 0.3) is 0 Å². The molecule has 0 saturated heterocycles. The van der Waals surface area contributed by atoms with Gasteiger partial charge in [-0.1, -0.05) is 53.9 Å². The molecule has 0 radical (unpaired) electrons. The summed E-state index contributed by atoms with van der Waals surface area (Å²) in [5, 5.41) is 3.31. The molecule has 18 heavy (non-hydrogen) atoms. The Bertz CT molecular complexity index is 162. The van der Waals surface area contributed by atoms with Crippen LogP contribution >= 0.6 is 0 Å². The normalized spacial score (nSPS) is 12.0. The molecule has 0 aromatic carbocycles. The van der Waals surface area contributed by atoms with E-state index in [1.807, 2.05) is 0 Å². The molecule has 0 amide bonds. The van der Waals surface area contributed by atoms with E-state index in [9.17, 15) is 0 Å². The molecule has 0 bridgehead atoms. The van der Waals surface area contributed by atoms with Crippen LogP contribution in [0, 0.1) is 5.41 Å². The van der Waals surface area contributed by atoms with E-state index in [1.54, 1.807) is 0 Å². The third-order valence-corrected chi connectivity index (χ3v) is 4.09. The van der Waals surface area contributed by atoms with Gasteiger partial charge in [-0.3, -0.25) is 0 Å². The van der Waals surface area contributed by atoms with Crippen molar-refractivity contribution in [3.8, 4) is 0 Å². The first-order chi connectivity index (χ1) is 8.22. The summed E-state index contributed by atoms with van der Waals surface area (Å²) in [5.41, 5.74) is 6.13. The Morgan fingerprint density at radius 2 is 1.44 bits per heavy atom. The number of unbranched alkanes of at least 4 members (excludes halogenated alkanes) is 3. The van der Waals surface area contributed by atoms with E-state index in [1.165, 1.54) is 32.2 Å². The Hall–Kier alpha value is -0.0800. The van der Waals surface area contributed by atoms with E-state index in [4.69, 9.17) is 5.73 Å². The summed E-state index contributed by atoms with van der Waals surface area (Å²) in [6.45, 7) is 17.5. The third-order valence-electron chi connectivity index (χ3n) is 4.09. The van der Waals surface area contributed by atoms with E-state index in [0.717, 1.165) is 13.0 Å². The second-order valence-corrected chi connectivity index (χ2v) is 6.37. The monoisotopic (exact) mass is 258 g/mol. The molecule has 0 aliphatic heterocycles. The topological polar surface area (TPSA) is 38.0 Å². The molecule has 2 heteroatoms.